The van der Waals surface area contributed by atoms with Crippen molar-refractivity contribution in [2.75, 3.05) is 23.6 Å². The van der Waals surface area contributed by atoms with Crippen molar-refractivity contribution in [1.29, 1.82) is 0 Å². The number of fused-ring (bicyclic) bond motifs is 1. The lowest BCUT2D eigenvalue weighted by molar-refractivity contribution is -0.0486. The van der Waals surface area contributed by atoms with Gasteiger partial charge in [-0.3, -0.25) is 4.57 Å². The Morgan fingerprint density at radius 2 is 2.32 bits per heavy atom. The predicted molar refractivity (Wildman–Crippen MR) is 83.6 cm³/mol. The molecule has 0 amide bonds. The minimum Gasteiger partial charge on any atom is -0.394 e. The first-order valence-electron chi connectivity index (χ1n) is 7.18. The summed E-state index contributed by atoms with van der Waals surface area (Å²) in [7, 11) is 0. The Morgan fingerprint density at radius 1 is 1.45 bits per heavy atom. The fraction of sp³-hybridized carbons (Fsp3) is 0.615. The Labute approximate surface area is 131 Å². The van der Waals surface area contributed by atoms with Gasteiger partial charge < -0.3 is 20.3 Å². The Morgan fingerprint density at radius 3 is 3.05 bits per heavy atom. The van der Waals surface area contributed by atoms with Crippen molar-refractivity contribution < 1.29 is 14.9 Å². The lowest BCUT2D eigenvalue weighted by Gasteiger charge is -2.16. The number of nitrogens with zero attached hydrogens (tertiary/aromatic N) is 4. The van der Waals surface area contributed by atoms with E-state index in [-0.39, 0.29) is 12.7 Å². The van der Waals surface area contributed by atoms with Crippen molar-refractivity contribution >= 4 is 28.7 Å². The van der Waals surface area contributed by atoms with Crippen LogP contribution in [-0.2, 0) is 4.74 Å². The van der Waals surface area contributed by atoms with Gasteiger partial charge in [0, 0.05) is 6.42 Å². The molecule has 0 saturated carbocycles. The lowest BCUT2D eigenvalue weighted by Crippen LogP contribution is -2.19. The number of hydrogen-bond donors (Lipinski definition) is 3. The zero-order valence-corrected chi connectivity index (χ0v) is 13.0. The molecule has 0 radical (unpaired) electrons. The maximum atomic E-state index is 10.1. The van der Waals surface area contributed by atoms with E-state index in [1.54, 1.807) is 22.7 Å². The van der Waals surface area contributed by atoms with Crippen LogP contribution in [0.2, 0.25) is 0 Å². The number of nitrogens with one attached hydrogen (secondary N) is 1. The number of thioether (sulfide) groups is 1. The third-order valence-electron chi connectivity index (χ3n) is 3.55. The van der Waals surface area contributed by atoms with E-state index < -0.39 is 12.3 Å². The summed E-state index contributed by atoms with van der Waals surface area (Å²) in [6, 6.07) is 0. The second-order valence-corrected chi connectivity index (χ2v) is 6.27. The Hall–Kier alpha value is -1.42. The number of rotatable bonds is 6. The number of anilines is 1. The molecule has 3 N–H and O–H groups in total. The van der Waals surface area contributed by atoms with Crippen LogP contribution in [0.5, 0.6) is 0 Å². The van der Waals surface area contributed by atoms with Crippen LogP contribution in [0, 0.1) is 0 Å². The van der Waals surface area contributed by atoms with Crippen LogP contribution in [-0.4, -0.2) is 60.2 Å². The van der Waals surface area contributed by atoms with Crippen LogP contribution in [0.3, 0.4) is 0 Å². The van der Waals surface area contributed by atoms with Crippen LogP contribution < -0.4 is 5.32 Å². The molecule has 8 nitrogen and oxygen atoms in total. The van der Waals surface area contributed by atoms with E-state index in [1.165, 1.54) is 6.33 Å². The SMILES string of the molecule is CCSCNc1ncnc2c1ncn2[C@@H]1O[C@H](CO)C[C@H]1O. The molecular formula is C13H19N5O3S. The molecule has 0 spiro atoms. The van der Waals surface area contributed by atoms with Gasteiger partial charge in [0.1, 0.15) is 12.4 Å². The molecule has 3 heterocycles. The number of aromatic nitrogens is 4. The Balaban J connectivity index is 1.87. The molecule has 120 valence electrons. The molecule has 0 unspecified atom stereocenters. The van der Waals surface area contributed by atoms with Crippen molar-refractivity contribution in [3.05, 3.63) is 12.7 Å². The Kier molecular flexibility index (Phi) is 4.77. The highest BCUT2D eigenvalue weighted by Crippen LogP contribution is 2.31. The summed E-state index contributed by atoms with van der Waals surface area (Å²) in [5.74, 6) is 2.42. The quantitative estimate of drug-likeness (QED) is 0.523. The standard InChI is InChI=1S/C13H19N5O3S/c1-2-22-7-17-11-10-12(15-5-14-11)18(6-16-10)13-9(20)3-8(4-19)21-13/h5-6,8-9,13,19-20H,2-4,7H2,1H3,(H,14,15,17)/t8-,9+,13+/m0/s1. The zero-order valence-electron chi connectivity index (χ0n) is 12.2. The molecule has 0 bridgehead atoms. The number of ether oxygens (including phenoxy) is 1. The number of aliphatic hydroxyl groups is 2. The van der Waals surface area contributed by atoms with Gasteiger partial charge in [0.05, 0.1) is 24.9 Å². The first kappa shape index (κ1) is 15.5. The molecule has 1 fully saturated rings. The highest BCUT2D eigenvalue weighted by atomic mass is 32.2. The summed E-state index contributed by atoms with van der Waals surface area (Å²) >= 11 is 1.75. The smallest absolute Gasteiger partial charge is 0.167 e. The number of imidazole rings is 1. The van der Waals surface area contributed by atoms with Crippen molar-refractivity contribution in [1.82, 2.24) is 19.5 Å². The minimum absolute atomic E-state index is 0.115. The van der Waals surface area contributed by atoms with Gasteiger partial charge in [0.2, 0.25) is 0 Å². The second-order valence-electron chi connectivity index (χ2n) is 4.99. The van der Waals surface area contributed by atoms with Gasteiger partial charge in [0.15, 0.2) is 23.2 Å². The van der Waals surface area contributed by atoms with E-state index in [9.17, 15) is 10.2 Å². The predicted octanol–water partition coefficient (Wildman–Crippen LogP) is 0.589. The van der Waals surface area contributed by atoms with Gasteiger partial charge in [-0.25, -0.2) is 15.0 Å². The fourth-order valence-corrected chi connectivity index (χ4v) is 2.93. The van der Waals surface area contributed by atoms with Crippen molar-refractivity contribution in [3.63, 3.8) is 0 Å². The summed E-state index contributed by atoms with van der Waals surface area (Å²) < 4.78 is 7.34. The summed E-state index contributed by atoms with van der Waals surface area (Å²) in [5.41, 5.74) is 1.24. The first-order chi connectivity index (χ1) is 10.7. The van der Waals surface area contributed by atoms with E-state index in [0.29, 0.717) is 23.4 Å². The summed E-state index contributed by atoms with van der Waals surface area (Å²) in [5, 5.41) is 22.5. The highest BCUT2D eigenvalue weighted by Gasteiger charge is 2.35. The fourth-order valence-electron chi connectivity index (χ4n) is 2.49. The van der Waals surface area contributed by atoms with Gasteiger partial charge in [-0.05, 0) is 5.75 Å². The zero-order chi connectivity index (χ0) is 15.5. The van der Waals surface area contributed by atoms with E-state index in [0.717, 1.165) is 11.6 Å². The topological polar surface area (TPSA) is 105 Å². The molecule has 0 aromatic carbocycles. The molecule has 3 atom stereocenters. The largest absolute Gasteiger partial charge is 0.394 e. The summed E-state index contributed by atoms with van der Waals surface area (Å²) in [6.45, 7) is 1.98. The molecule has 1 aliphatic rings. The van der Waals surface area contributed by atoms with E-state index in [4.69, 9.17) is 4.74 Å². The molecular weight excluding hydrogens is 306 g/mol. The molecule has 2 aromatic rings. The molecule has 9 heteroatoms. The van der Waals surface area contributed by atoms with Gasteiger partial charge in [-0.1, -0.05) is 6.92 Å². The third-order valence-corrected chi connectivity index (χ3v) is 4.30. The summed E-state index contributed by atoms with van der Waals surface area (Å²) in [6.07, 6.45) is 1.80. The van der Waals surface area contributed by atoms with Gasteiger partial charge in [-0.15, -0.1) is 11.8 Å². The van der Waals surface area contributed by atoms with Crippen molar-refractivity contribution in [2.45, 2.75) is 31.8 Å². The van der Waals surface area contributed by atoms with Gasteiger partial charge in [-0.2, -0.15) is 0 Å². The van der Waals surface area contributed by atoms with E-state index in [1.807, 2.05) is 0 Å². The van der Waals surface area contributed by atoms with Gasteiger partial charge >= 0.3 is 0 Å². The monoisotopic (exact) mass is 325 g/mol. The Bertz CT molecular complexity index is 637. The maximum absolute atomic E-state index is 10.1. The second kappa shape index (κ2) is 6.78. The normalized spacial score (nSPS) is 25.0. The average Bonchev–Trinajstić information content (AvgIpc) is 3.11. The van der Waals surface area contributed by atoms with Crippen molar-refractivity contribution in [2.24, 2.45) is 0 Å². The maximum Gasteiger partial charge on any atom is 0.167 e. The van der Waals surface area contributed by atoms with Gasteiger partial charge in [0.25, 0.3) is 0 Å². The average molecular weight is 325 g/mol. The third kappa shape index (κ3) is 2.89. The highest BCUT2D eigenvalue weighted by molar-refractivity contribution is 7.99. The molecule has 1 saturated heterocycles. The molecule has 0 aliphatic carbocycles. The lowest BCUT2D eigenvalue weighted by atomic mass is 10.2. The van der Waals surface area contributed by atoms with E-state index >= 15 is 0 Å². The molecule has 22 heavy (non-hydrogen) atoms. The first-order valence-corrected chi connectivity index (χ1v) is 8.33. The van der Waals surface area contributed by atoms with Crippen LogP contribution >= 0.6 is 11.8 Å². The van der Waals surface area contributed by atoms with Crippen LogP contribution in [0.15, 0.2) is 12.7 Å². The van der Waals surface area contributed by atoms with Crippen LogP contribution in [0.4, 0.5) is 5.82 Å². The number of aliphatic hydroxyl groups excluding tert-OH is 2. The summed E-state index contributed by atoms with van der Waals surface area (Å²) in [4.78, 5) is 12.8. The molecule has 1 aliphatic heterocycles. The van der Waals surface area contributed by atoms with E-state index in [2.05, 4.69) is 27.2 Å². The minimum atomic E-state index is -0.698. The molecule has 2 aromatic heterocycles. The number of hydrogen-bond acceptors (Lipinski definition) is 8. The van der Waals surface area contributed by atoms with Crippen LogP contribution in [0.1, 0.15) is 19.6 Å². The van der Waals surface area contributed by atoms with Crippen LogP contribution in [0.25, 0.3) is 11.2 Å². The van der Waals surface area contributed by atoms with Crippen molar-refractivity contribution in [3.8, 4) is 0 Å². The molecule has 3 rings (SSSR count).